The number of anilines is 1. The highest BCUT2D eigenvalue weighted by molar-refractivity contribution is 5.48. The van der Waals surface area contributed by atoms with Crippen molar-refractivity contribution in [3.05, 3.63) is 11.4 Å². The van der Waals surface area contributed by atoms with E-state index in [1.54, 1.807) is 7.11 Å². The van der Waals surface area contributed by atoms with Gasteiger partial charge in [-0.05, 0) is 13.8 Å². The Morgan fingerprint density at radius 1 is 1.22 bits per heavy atom. The lowest BCUT2D eigenvalue weighted by atomic mass is 10.2. The highest BCUT2D eigenvalue weighted by Crippen LogP contribution is 2.24. The fraction of sp³-hybridized carbons (Fsp3) is 0.692. The second-order valence-corrected chi connectivity index (χ2v) is 4.39. The number of hydrogen-bond donors (Lipinski definition) is 1. The Labute approximate surface area is 109 Å². The third kappa shape index (κ3) is 3.84. The molecule has 5 nitrogen and oxygen atoms in total. The van der Waals surface area contributed by atoms with Crippen molar-refractivity contribution in [3.8, 4) is 5.88 Å². The Kier molecular flexibility index (Phi) is 5.85. The summed E-state index contributed by atoms with van der Waals surface area (Å²) in [5.41, 5.74) is 0.942. The molecule has 0 aliphatic rings. The lowest BCUT2D eigenvalue weighted by molar-refractivity contribution is 0.143. The topological polar surface area (TPSA) is 56.3 Å². The summed E-state index contributed by atoms with van der Waals surface area (Å²) >= 11 is 0. The number of aromatic nitrogens is 2. The Balaban J connectivity index is 2.98. The van der Waals surface area contributed by atoms with Crippen LogP contribution >= 0.6 is 0 Å². The van der Waals surface area contributed by atoms with Gasteiger partial charge in [-0.15, -0.1) is 0 Å². The third-order valence-corrected chi connectivity index (χ3v) is 2.51. The molecule has 1 aromatic heterocycles. The van der Waals surface area contributed by atoms with Crippen LogP contribution in [0.1, 0.15) is 38.1 Å². The molecule has 1 heterocycles. The van der Waals surface area contributed by atoms with Gasteiger partial charge in [-0.2, -0.15) is 4.98 Å². The molecule has 0 spiro atoms. The summed E-state index contributed by atoms with van der Waals surface area (Å²) in [6, 6.07) is 0. The van der Waals surface area contributed by atoms with Crippen LogP contribution in [0.4, 0.5) is 5.82 Å². The molecule has 1 aromatic rings. The monoisotopic (exact) mass is 253 g/mol. The highest BCUT2D eigenvalue weighted by Gasteiger charge is 2.13. The smallest absolute Gasteiger partial charge is 0.221 e. The molecular formula is C13H23N3O2. The predicted molar refractivity (Wildman–Crippen MR) is 72.4 cm³/mol. The zero-order chi connectivity index (χ0) is 13.5. The maximum absolute atomic E-state index is 5.64. The Morgan fingerprint density at radius 2 is 1.94 bits per heavy atom. The summed E-state index contributed by atoms with van der Waals surface area (Å²) < 4.78 is 10.6. The summed E-state index contributed by atoms with van der Waals surface area (Å²) in [5, 5.41) is 3.24. The standard InChI is InChI=1S/C13H23N3O2/c1-6-14-12-10(4)13(18-8-7-17-5)16-11(15-12)9(2)3/h9H,6-8H2,1-5H3,(H,14,15,16). The number of ether oxygens (including phenoxy) is 2. The summed E-state index contributed by atoms with van der Waals surface area (Å²) in [7, 11) is 1.65. The molecule has 0 atom stereocenters. The Hall–Kier alpha value is -1.36. The van der Waals surface area contributed by atoms with Crippen LogP contribution in [-0.4, -0.2) is 36.8 Å². The molecule has 0 bridgehead atoms. The number of nitrogens with zero attached hydrogens (tertiary/aromatic N) is 2. The summed E-state index contributed by atoms with van der Waals surface area (Å²) in [6.07, 6.45) is 0. The van der Waals surface area contributed by atoms with E-state index in [2.05, 4.69) is 29.1 Å². The highest BCUT2D eigenvalue weighted by atomic mass is 16.5. The summed E-state index contributed by atoms with van der Waals surface area (Å²) in [4.78, 5) is 8.97. The van der Waals surface area contributed by atoms with E-state index in [1.807, 2.05) is 13.8 Å². The zero-order valence-electron chi connectivity index (χ0n) is 11.9. The molecule has 0 aliphatic carbocycles. The van der Waals surface area contributed by atoms with Crippen LogP contribution in [0.3, 0.4) is 0 Å². The zero-order valence-corrected chi connectivity index (χ0v) is 11.9. The van der Waals surface area contributed by atoms with Crippen molar-refractivity contribution in [2.45, 2.75) is 33.6 Å². The van der Waals surface area contributed by atoms with E-state index in [4.69, 9.17) is 9.47 Å². The van der Waals surface area contributed by atoms with Gasteiger partial charge in [-0.1, -0.05) is 13.8 Å². The van der Waals surface area contributed by atoms with E-state index in [0.717, 1.165) is 23.8 Å². The van der Waals surface area contributed by atoms with Crippen LogP contribution in [-0.2, 0) is 4.74 Å². The molecule has 0 fully saturated rings. The Bertz CT molecular complexity index is 381. The first-order chi connectivity index (χ1) is 8.60. The molecule has 1 rings (SSSR count). The van der Waals surface area contributed by atoms with Crippen LogP contribution in [0.2, 0.25) is 0 Å². The average molecular weight is 253 g/mol. The van der Waals surface area contributed by atoms with E-state index in [0.29, 0.717) is 19.1 Å². The molecule has 0 saturated carbocycles. The van der Waals surface area contributed by atoms with E-state index >= 15 is 0 Å². The molecule has 0 saturated heterocycles. The van der Waals surface area contributed by atoms with Crippen molar-refractivity contribution < 1.29 is 9.47 Å². The molecule has 0 radical (unpaired) electrons. The van der Waals surface area contributed by atoms with Gasteiger partial charge in [0.25, 0.3) is 0 Å². The first-order valence-corrected chi connectivity index (χ1v) is 6.34. The largest absolute Gasteiger partial charge is 0.475 e. The van der Waals surface area contributed by atoms with Gasteiger partial charge < -0.3 is 14.8 Å². The van der Waals surface area contributed by atoms with Crippen molar-refractivity contribution in [1.82, 2.24) is 9.97 Å². The van der Waals surface area contributed by atoms with Crippen LogP contribution < -0.4 is 10.1 Å². The predicted octanol–water partition coefficient (Wildman–Crippen LogP) is 2.37. The van der Waals surface area contributed by atoms with Crippen molar-refractivity contribution in [3.63, 3.8) is 0 Å². The van der Waals surface area contributed by atoms with E-state index in [1.165, 1.54) is 0 Å². The number of nitrogens with one attached hydrogen (secondary N) is 1. The van der Waals surface area contributed by atoms with Crippen molar-refractivity contribution in [2.75, 3.05) is 32.2 Å². The maximum atomic E-state index is 5.64. The average Bonchev–Trinajstić information content (AvgIpc) is 2.33. The van der Waals surface area contributed by atoms with Crippen LogP contribution in [0, 0.1) is 6.92 Å². The van der Waals surface area contributed by atoms with Crippen molar-refractivity contribution in [1.29, 1.82) is 0 Å². The van der Waals surface area contributed by atoms with Gasteiger partial charge in [-0.3, -0.25) is 0 Å². The van der Waals surface area contributed by atoms with Gasteiger partial charge in [0.2, 0.25) is 5.88 Å². The number of hydrogen-bond acceptors (Lipinski definition) is 5. The first-order valence-electron chi connectivity index (χ1n) is 6.34. The normalized spacial score (nSPS) is 10.8. The van der Waals surface area contributed by atoms with Crippen molar-refractivity contribution >= 4 is 5.82 Å². The number of methoxy groups -OCH3 is 1. The molecular weight excluding hydrogens is 230 g/mol. The minimum atomic E-state index is 0.271. The van der Waals surface area contributed by atoms with Gasteiger partial charge in [0.15, 0.2) is 0 Å². The van der Waals surface area contributed by atoms with E-state index < -0.39 is 0 Å². The van der Waals surface area contributed by atoms with Gasteiger partial charge in [0.05, 0.1) is 12.2 Å². The van der Waals surface area contributed by atoms with Crippen LogP contribution in [0.15, 0.2) is 0 Å². The summed E-state index contributed by atoms with van der Waals surface area (Å²) in [5.74, 6) is 2.56. The SMILES string of the molecule is CCNc1nc(C(C)C)nc(OCCOC)c1C. The molecule has 102 valence electrons. The maximum Gasteiger partial charge on any atom is 0.221 e. The van der Waals surface area contributed by atoms with Gasteiger partial charge >= 0.3 is 0 Å². The minimum absolute atomic E-state index is 0.271. The van der Waals surface area contributed by atoms with E-state index in [9.17, 15) is 0 Å². The molecule has 0 aliphatic heterocycles. The molecule has 1 N–H and O–H groups in total. The van der Waals surface area contributed by atoms with Gasteiger partial charge in [0, 0.05) is 19.6 Å². The lowest BCUT2D eigenvalue weighted by Gasteiger charge is -2.15. The van der Waals surface area contributed by atoms with Gasteiger partial charge in [-0.25, -0.2) is 4.98 Å². The minimum Gasteiger partial charge on any atom is -0.475 e. The third-order valence-electron chi connectivity index (χ3n) is 2.51. The fourth-order valence-corrected chi connectivity index (χ4v) is 1.47. The Morgan fingerprint density at radius 3 is 2.50 bits per heavy atom. The molecule has 0 aromatic carbocycles. The second kappa shape index (κ2) is 7.16. The van der Waals surface area contributed by atoms with Gasteiger partial charge in [0.1, 0.15) is 18.2 Å². The lowest BCUT2D eigenvalue weighted by Crippen LogP contribution is -2.12. The molecule has 5 heteroatoms. The summed E-state index contributed by atoms with van der Waals surface area (Å²) in [6.45, 7) is 10.0. The fourth-order valence-electron chi connectivity index (χ4n) is 1.47. The molecule has 18 heavy (non-hydrogen) atoms. The quantitative estimate of drug-likeness (QED) is 0.756. The van der Waals surface area contributed by atoms with Crippen LogP contribution in [0.25, 0.3) is 0 Å². The number of rotatable bonds is 7. The molecule has 0 amide bonds. The first kappa shape index (κ1) is 14.7. The van der Waals surface area contributed by atoms with E-state index in [-0.39, 0.29) is 5.92 Å². The van der Waals surface area contributed by atoms with Crippen LogP contribution in [0.5, 0.6) is 5.88 Å². The second-order valence-electron chi connectivity index (χ2n) is 4.39. The molecule has 0 unspecified atom stereocenters. The van der Waals surface area contributed by atoms with Crippen molar-refractivity contribution in [2.24, 2.45) is 0 Å².